The SMILES string of the molecule is CCc1onc(C)c1CN1CCCC1c1nc2ccccc2[nH]1. The van der Waals surface area contributed by atoms with Crippen LogP contribution in [0.2, 0.25) is 0 Å². The summed E-state index contributed by atoms with van der Waals surface area (Å²) in [7, 11) is 0. The van der Waals surface area contributed by atoms with Crippen molar-refractivity contribution in [2.45, 2.75) is 45.7 Å². The van der Waals surface area contributed by atoms with E-state index in [1.54, 1.807) is 0 Å². The predicted molar refractivity (Wildman–Crippen MR) is 89.1 cm³/mol. The molecule has 0 amide bonds. The molecule has 1 saturated heterocycles. The predicted octanol–water partition coefficient (Wildman–Crippen LogP) is 3.76. The second-order valence-corrected chi connectivity index (χ2v) is 6.29. The van der Waals surface area contributed by atoms with Crippen LogP contribution >= 0.6 is 0 Å². The number of benzene rings is 1. The lowest BCUT2D eigenvalue weighted by Crippen LogP contribution is -2.24. The molecule has 1 atom stereocenters. The van der Waals surface area contributed by atoms with Gasteiger partial charge in [0.25, 0.3) is 0 Å². The Kier molecular flexibility index (Phi) is 3.65. The van der Waals surface area contributed by atoms with E-state index in [1.807, 2.05) is 19.1 Å². The van der Waals surface area contributed by atoms with E-state index in [-0.39, 0.29) is 0 Å². The number of imidazole rings is 1. The van der Waals surface area contributed by atoms with Gasteiger partial charge in [0.15, 0.2) is 0 Å². The highest BCUT2D eigenvalue weighted by Gasteiger charge is 2.30. The van der Waals surface area contributed by atoms with E-state index < -0.39 is 0 Å². The summed E-state index contributed by atoms with van der Waals surface area (Å²) in [5.41, 5.74) is 4.42. The van der Waals surface area contributed by atoms with Gasteiger partial charge >= 0.3 is 0 Å². The molecular weight excluding hydrogens is 288 g/mol. The highest BCUT2D eigenvalue weighted by Crippen LogP contribution is 2.33. The van der Waals surface area contributed by atoms with Gasteiger partial charge in [0, 0.05) is 18.5 Å². The third-order valence-electron chi connectivity index (χ3n) is 4.84. The van der Waals surface area contributed by atoms with Crippen LogP contribution in [0.1, 0.15) is 48.6 Å². The zero-order chi connectivity index (χ0) is 15.8. The van der Waals surface area contributed by atoms with E-state index >= 15 is 0 Å². The van der Waals surface area contributed by atoms with Crippen LogP contribution in [0, 0.1) is 6.92 Å². The molecule has 3 heterocycles. The monoisotopic (exact) mass is 310 g/mol. The average Bonchev–Trinajstić information content (AvgIpc) is 3.26. The summed E-state index contributed by atoms with van der Waals surface area (Å²) < 4.78 is 5.44. The molecule has 1 aromatic carbocycles. The quantitative estimate of drug-likeness (QED) is 0.797. The summed E-state index contributed by atoms with van der Waals surface area (Å²) in [6.07, 6.45) is 3.23. The van der Waals surface area contributed by atoms with Gasteiger partial charge in [-0.15, -0.1) is 0 Å². The zero-order valence-electron chi connectivity index (χ0n) is 13.7. The molecule has 3 aromatic rings. The topological polar surface area (TPSA) is 58.0 Å². The van der Waals surface area contributed by atoms with Gasteiger partial charge in [0.05, 0.1) is 22.8 Å². The number of aromatic amines is 1. The van der Waals surface area contributed by atoms with Crippen LogP contribution in [-0.4, -0.2) is 26.6 Å². The normalized spacial score (nSPS) is 19.0. The van der Waals surface area contributed by atoms with Crippen LogP contribution in [-0.2, 0) is 13.0 Å². The van der Waals surface area contributed by atoms with E-state index in [4.69, 9.17) is 9.51 Å². The summed E-state index contributed by atoms with van der Waals surface area (Å²) in [5, 5.41) is 4.14. The Balaban J connectivity index is 1.62. The molecule has 4 rings (SSSR count). The van der Waals surface area contributed by atoms with Gasteiger partial charge in [0.2, 0.25) is 0 Å². The number of aromatic nitrogens is 3. The van der Waals surface area contributed by atoms with Crippen LogP contribution in [0.4, 0.5) is 0 Å². The second kappa shape index (κ2) is 5.81. The van der Waals surface area contributed by atoms with Gasteiger partial charge in [-0.25, -0.2) is 4.98 Å². The molecule has 2 aromatic heterocycles. The number of aryl methyl sites for hydroxylation is 2. The molecule has 0 saturated carbocycles. The van der Waals surface area contributed by atoms with Crippen LogP contribution in [0.25, 0.3) is 11.0 Å². The molecule has 5 nitrogen and oxygen atoms in total. The Morgan fingerprint density at radius 3 is 3.04 bits per heavy atom. The van der Waals surface area contributed by atoms with Crippen molar-refractivity contribution in [3.8, 4) is 0 Å². The fourth-order valence-electron chi connectivity index (χ4n) is 3.57. The van der Waals surface area contributed by atoms with E-state index in [1.165, 1.54) is 12.0 Å². The van der Waals surface area contributed by atoms with Crippen molar-refractivity contribution in [3.05, 3.63) is 47.1 Å². The van der Waals surface area contributed by atoms with Gasteiger partial charge in [-0.1, -0.05) is 24.2 Å². The first-order valence-corrected chi connectivity index (χ1v) is 8.39. The molecule has 1 aliphatic heterocycles. The molecule has 0 spiro atoms. The fraction of sp³-hybridized carbons (Fsp3) is 0.444. The molecule has 1 N–H and O–H groups in total. The van der Waals surface area contributed by atoms with Crippen LogP contribution in [0.15, 0.2) is 28.8 Å². The highest BCUT2D eigenvalue weighted by molar-refractivity contribution is 5.74. The van der Waals surface area contributed by atoms with Crippen LogP contribution < -0.4 is 0 Å². The third kappa shape index (κ3) is 2.55. The van der Waals surface area contributed by atoms with Gasteiger partial charge in [-0.05, 0) is 38.4 Å². The van der Waals surface area contributed by atoms with Crippen molar-refractivity contribution >= 4 is 11.0 Å². The fourth-order valence-corrected chi connectivity index (χ4v) is 3.57. The summed E-state index contributed by atoms with van der Waals surface area (Å²) in [6.45, 7) is 6.13. The maximum Gasteiger partial charge on any atom is 0.141 e. The average molecular weight is 310 g/mol. The van der Waals surface area contributed by atoms with Crippen molar-refractivity contribution in [1.29, 1.82) is 0 Å². The molecule has 1 aliphatic rings. The van der Waals surface area contributed by atoms with Gasteiger partial charge in [-0.3, -0.25) is 4.90 Å². The summed E-state index contributed by atoms with van der Waals surface area (Å²) in [4.78, 5) is 10.8. The number of fused-ring (bicyclic) bond motifs is 1. The van der Waals surface area contributed by atoms with Gasteiger partial charge in [0.1, 0.15) is 11.6 Å². The number of H-pyrrole nitrogens is 1. The summed E-state index contributed by atoms with van der Waals surface area (Å²) in [5.74, 6) is 2.09. The van der Waals surface area contributed by atoms with Gasteiger partial charge < -0.3 is 9.51 Å². The lowest BCUT2D eigenvalue weighted by molar-refractivity contribution is 0.239. The Bertz CT molecular complexity index is 786. The molecule has 0 aliphatic carbocycles. The molecular formula is C18H22N4O. The number of para-hydroxylation sites is 2. The Labute approximate surface area is 135 Å². The number of likely N-dealkylation sites (tertiary alicyclic amines) is 1. The number of nitrogens with zero attached hydrogens (tertiary/aromatic N) is 3. The highest BCUT2D eigenvalue weighted by atomic mass is 16.5. The van der Waals surface area contributed by atoms with Gasteiger partial charge in [-0.2, -0.15) is 0 Å². The number of nitrogens with one attached hydrogen (secondary N) is 1. The van der Waals surface area contributed by atoms with Crippen molar-refractivity contribution in [2.75, 3.05) is 6.54 Å². The maximum absolute atomic E-state index is 5.44. The molecule has 120 valence electrons. The first-order valence-electron chi connectivity index (χ1n) is 8.39. The van der Waals surface area contributed by atoms with Crippen LogP contribution in [0.5, 0.6) is 0 Å². The Morgan fingerprint density at radius 2 is 2.22 bits per heavy atom. The molecule has 0 radical (unpaired) electrons. The minimum Gasteiger partial charge on any atom is -0.361 e. The standard InChI is InChI=1S/C18H22N4O/c1-3-17-13(12(2)21-23-17)11-22-10-6-9-16(22)18-19-14-7-4-5-8-15(14)20-18/h4-5,7-8,16H,3,6,9-11H2,1-2H3,(H,19,20). The smallest absolute Gasteiger partial charge is 0.141 e. The van der Waals surface area contributed by atoms with E-state index in [9.17, 15) is 0 Å². The van der Waals surface area contributed by atoms with Crippen molar-refractivity contribution in [3.63, 3.8) is 0 Å². The molecule has 5 heteroatoms. The minimum absolute atomic E-state index is 0.349. The van der Waals surface area contributed by atoms with Crippen molar-refractivity contribution in [2.24, 2.45) is 0 Å². The maximum atomic E-state index is 5.44. The van der Waals surface area contributed by atoms with E-state index in [0.29, 0.717) is 6.04 Å². The minimum atomic E-state index is 0.349. The number of hydrogen-bond acceptors (Lipinski definition) is 4. The number of rotatable bonds is 4. The first kappa shape index (κ1) is 14.5. The lowest BCUT2D eigenvalue weighted by Gasteiger charge is -2.22. The van der Waals surface area contributed by atoms with Crippen molar-refractivity contribution in [1.82, 2.24) is 20.0 Å². The molecule has 1 fully saturated rings. The van der Waals surface area contributed by atoms with Crippen molar-refractivity contribution < 1.29 is 4.52 Å². The molecule has 0 bridgehead atoms. The number of hydrogen-bond donors (Lipinski definition) is 1. The largest absolute Gasteiger partial charge is 0.361 e. The molecule has 1 unspecified atom stereocenters. The zero-order valence-corrected chi connectivity index (χ0v) is 13.7. The molecule has 23 heavy (non-hydrogen) atoms. The van der Waals surface area contributed by atoms with E-state index in [2.05, 4.69) is 34.1 Å². The van der Waals surface area contributed by atoms with Crippen LogP contribution in [0.3, 0.4) is 0 Å². The summed E-state index contributed by atoms with van der Waals surface area (Å²) in [6, 6.07) is 8.58. The first-order chi connectivity index (χ1) is 11.3. The lowest BCUT2D eigenvalue weighted by atomic mass is 10.1. The second-order valence-electron chi connectivity index (χ2n) is 6.29. The Hall–Kier alpha value is -2.14. The third-order valence-corrected chi connectivity index (χ3v) is 4.84. The summed E-state index contributed by atoms with van der Waals surface area (Å²) >= 11 is 0. The Morgan fingerprint density at radius 1 is 1.35 bits per heavy atom. The van der Waals surface area contributed by atoms with E-state index in [0.717, 1.165) is 54.2 Å².